The predicted octanol–water partition coefficient (Wildman–Crippen LogP) is 5.70. The molecule has 2 heterocycles. The van der Waals surface area contributed by atoms with E-state index < -0.39 is 0 Å². The van der Waals surface area contributed by atoms with E-state index in [-0.39, 0.29) is 5.41 Å². The van der Waals surface area contributed by atoms with Crippen LogP contribution in [-0.4, -0.2) is 9.38 Å². The van der Waals surface area contributed by atoms with Gasteiger partial charge in [-0.25, -0.2) is 4.98 Å². The predicted molar refractivity (Wildman–Crippen MR) is 96.6 cm³/mol. The molecule has 0 unspecified atom stereocenters. The van der Waals surface area contributed by atoms with Crippen LogP contribution in [0.3, 0.4) is 0 Å². The molecular weight excluding hydrogens is 336 g/mol. The number of pyridine rings is 1. The fraction of sp³-hybridized carbons (Fsp3) is 0.211. The molecule has 0 saturated heterocycles. The van der Waals surface area contributed by atoms with Crippen LogP contribution in [0.25, 0.3) is 27.3 Å². The third-order valence-corrected chi connectivity index (χ3v) is 4.77. The second-order valence-electron chi connectivity index (χ2n) is 6.79. The van der Waals surface area contributed by atoms with Gasteiger partial charge in [-0.2, -0.15) is 0 Å². The molecule has 0 atom stereocenters. The molecule has 4 rings (SSSR count). The average molecular weight is 353 g/mol. The molecule has 22 heavy (non-hydrogen) atoms. The van der Waals surface area contributed by atoms with E-state index in [4.69, 9.17) is 0 Å². The van der Waals surface area contributed by atoms with Gasteiger partial charge in [0.25, 0.3) is 0 Å². The number of imidazole rings is 1. The SMILES string of the molecule is CC(C)(C)c1ccc2c(c1)c1ccc(Br)cc1c1nccn21. The Morgan fingerprint density at radius 1 is 0.955 bits per heavy atom. The minimum atomic E-state index is 0.139. The number of nitrogens with zero attached hydrogens (tertiary/aromatic N) is 2. The quantitative estimate of drug-likeness (QED) is 0.371. The van der Waals surface area contributed by atoms with E-state index in [0.29, 0.717) is 0 Å². The van der Waals surface area contributed by atoms with Gasteiger partial charge in [0.2, 0.25) is 0 Å². The van der Waals surface area contributed by atoms with Crippen LogP contribution in [0, 0.1) is 0 Å². The van der Waals surface area contributed by atoms with Gasteiger partial charge in [-0.1, -0.05) is 48.8 Å². The van der Waals surface area contributed by atoms with Crippen molar-refractivity contribution >= 4 is 43.3 Å². The van der Waals surface area contributed by atoms with Crippen LogP contribution in [0.2, 0.25) is 0 Å². The van der Waals surface area contributed by atoms with Crippen molar-refractivity contribution in [2.75, 3.05) is 0 Å². The van der Waals surface area contributed by atoms with Gasteiger partial charge in [-0.05, 0) is 40.6 Å². The molecule has 4 aromatic rings. The first kappa shape index (κ1) is 13.8. The maximum Gasteiger partial charge on any atom is 0.145 e. The lowest BCUT2D eigenvalue weighted by molar-refractivity contribution is 0.591. The van der Waals surface area contributed by atoms with E-state index in [1.54, 1.807) is 0 Å². The largest absolute Gasteiger partial charge is 0.299 e. The number of fused-ring (bicyclic) bond motifs is 6. The van der Waals surface area contributed by atoms with Crippen molar-refractivity contribution in [1.82, 2.24) is 9.38 Å². The van der Waals surface area contributed by atoms with Gasteiger partial charge in [0.15, 0.2) is 0 Å². The van der Waals surface area contributed by atoms with E-state index in [9.17, 15) is 0 Å². The number of rotatable bonds is 0. The van der Waals surface area contributed by atoms with E-state index >= 15 is 0 Å². The molecule has 2 nitrogen and oxygen atoms in total. The number of aromatic nitrogens is 2. The molecule has 0 bridgehead atoms. The highest BCUT2D eigenvalue weighted by molar-refractivity contribution is 9.10. The number of halogens is 1. The number of benzene rings is 2. The molecular formula is C19H17BrN2. The zero-order valence-electron chi connectivity index (χ0n) is 12.9. The molecule has 0 spiro atoms. The topological polar surface area (TPSA) is 17.3 Å². The molecule has 0 aliphatic rings. The Bertz CT molecular complexity index is 1020. The van der Waals surface area contributed by atoms with Crippen LogP contribution >= 0.6 is 15.9 Å². The summed E-state index contributed by atoms with van der Waals surface area (Å²) in [5.74, 6) is 0. The summed E-state index contributed by atoms with van der Waals surface area (Å²) in [4.78, 5) is 4.55. The fourth-order valence-corrected chi connectivity index (χ4v) is 3.42. The first-order chi connectivity index (χ1) is 10.4. The van der Waals surface area contributed by atoms with Gasteiger partial charge >= 0.3 is 0 Å². The van der Waals surface area contributed by atoms with Crippen LogP contribution in [0.15, 0.2) is 53.3 Å². The first-order valence-corrected chi connectivity index (χ1v) is 8.23. The summed E-state index contributed by atoms with van der Waals surface area (Å²) >= 11 is 3.58. The Kier molecular flexibility index (Phi) is 2.85. The standard InChI is InChI=1S/C19H17BrN2/c1-19(2,3)12-4-7-17-15(10-12)14-6-5-13(20)11-16(14)18-21-8-9-22(17)18/h4-11H,1-3H3. The van der Waals surface area contributed by atoms with Crippen LogP contribution in [0.5, 0.6) is 0 Å². The minimum absolute atomic E-state index is 0.139. The molecule has 0 amide bonds. The molecule has 0 saturated carbocycles. The molecule has 0 fully saturated rings. The van der Waals surface area contributed by atoms with Crippen molar-refractivity contribution < 1.29 is 0 Å². The van der Waals surface area contributed by atoms with Gasteiger partial charge in [-0.15, -0.1) is 0 Å². The van der Waals surface area contributed by atoms with Gasteiger partial charge in [0.1, 0.15) is 5.65 Å². The van der Waals surface area contributed by atoms with Crippen molar-refractivity contribution in [2.24, 2.45) is 0 Å². The second-order valence-corrected chi connectivity index (χ2v) is 7.71. The average Bonchev–Trinajstić information content (AvgIpc) is 2.95. The summed E-state index contributed by atoms with van der Waals surface area (Å²) in [5.41, 5.74) is 3.70. The Hall–Kier alpha value is -1.87. The Morgan fingerprint density at radius 2 is 1.77 bits per heavy atom. The Morgan fingerprint density at radius 3 is 2.55 bits per heavy atom. The van der Waals surface area contributed by atoms with E-state index in [1.807, 2.05) is 12.4 Å². The van der Waals surface area contributed by atoms with Gasteiger partial charge < -0.3 is 0 Å². The van der Waals surface area contributed by atoms with Crippen molar-refractivity contribution in [3.05, 3.63) is 58.8 Å². The van der Waals surface area contributed by atoms with Crippen molar-refractivity contribution in [2.45, 2.75) is 26.2 Å². The third kappa shape index (κ3) is 1.96. The molecule has 2 aromatic heterocycles. The highest BCUT2D eigenvalue weighted by Crippen LogP contribution is 2.33. The van der Waals surface area contributed by atoms with Gasteiger partial charge in [-0.3, -0.25) is 4.40 Å². The summed E-state index contributed by atoms with van der Waals surface area (Å²) in [6.07, 6.45) is 3.90. The van der Waals surface area contributed by atoms with E-state index in [2.05, 4.69) is 82.5 Å². The van der Waals surface area contributed by atoms with Crippen molar-refractivity contribution in [1.29, 1.82) is 0 Å². The zero-order valence-corrected chi connectivity index (χ0v) is 14.5. The lowest BCUT2D eigenvalue weighted by atomic mass is 9.86. The van der Waals surface area contributed by atoms with E-state index in [0.717, 1.165) is 10.1 Å². The monoisotopic (exact) mass is 352 g/mol. The highest BCUT2D eigenvalue weighted by Gasteiger charge is 2.16. The molecule has 0 N–H and O–H groups in total. The van der Waals surface area contributed by atoms with Crippen LogP contribution in [0.4, 0.5) is 0 Å². The maximum atomic E-state index is 4.55. The molecule has 3 heteroatoms. The number of hydrogen-bond donors (Lipinski definition) is 0. The maximum absolute atomic E-state index is 4.55. The summed E-state index contributed by atoms with van der Waals surface area (Å²) in [7, 11) is 0. The van der Waals surface area contributed by atoms with Crippen molar-refractivity contribution in [3.8, 4) is 0 Å². The molecule has 110 valence electrons. The molecule has 0 aliphatic heterocycles. The number of hydrogen-bond acceptors (Lipinski definition) is 1. The summed E-state index contributed by atoms with van der Waals surface area (Å²) in [6.45, 7) is 6.76. The molecule has 2 aromatic carbocycles. The minimum Gasteiger partial charge on any atom is -0.299 e. The Balaban J connectivity index is 2.26. The highest BCUT2D eigenvalue weighted by atomic mass is 79.9. The lowest BCUT2D eigenvalue weighted by Crippen LogP contribution is -2.10. The van der Waals surface area contributed by atoms with E-state index in [1.165, 1.54) is 27.2 Å². The summed E-state index contributed by atoms with van der Waals surface area (Å²) < 4.78 is 3.26. The van der Waals surface area contributed by atoms with Crippen LogP contribution in [0.1, 0.15) is 26.3 Å². The van der Waals surface area contributed by atoms with Crippen LogP contribution < -0.4 is 0 Å². The molecule has 0 radical (unpaired) electrons. The normalized spacial score (nSPS) is 12.5. The fourth-order valence-electron chi connectivity index (χ4n) is 3.06. The first-order valence-electron chi connectivity index (χ1n) is 7.44. The lowest BCUT2D eigenvalue weighted by Gasteiger charge is -2.20. The molecule has 0 aliphatic carbocycles. The van der Waals surface area contributed by atoms with Crippen LogP contribution in [-0.2, 0) is 5.41 Å². The second kappa shape index (κ2) is 4.56. The third-order valence-electron chi connectivity index (χ3n) is 4.28. The summed E-state index contributed by atoms with van der Waals surface area (Å²) in [5, 5.41) is 3.71. The summed E-state index contributed by atoms with van der Waals surface area (Å²) in [6, 6.07) is 13.2. The van der Waals surface area contributed by atoms with Gasteiger partial charge in [0.05, 0.1) is 5.52 Å². The zero-order chi connectivity index (χ0) is 15.5. The van der Waals surface area contributed by atoms with Crippen molar-refractivity contribution in [3.63, 3.8) is 0 Å². The smallest absolute Gasteiger partial charge is 0.145 e. The van der Waals surface area contributed by atoms with Gasteiger partial charge in [0, 0.05) is 27.6 Å². The Labute approximate surface area is 137 Å².